The maximum atomic E-state index is 11.7. The highest BCUT2D eigenvalue weighted by molar-refractivity contribution is 9.13. The Morgan fingerprint density at radius 1 is 1.36 bits per heavy atom. The van der Waals surface area contributed by atoms with Gasteiger partial charge in [-0.1, -0.05) is 24.1 Å². The highest BCUT2D eigenvalue weighted by atomic mass is 79.9. The second kappa shape index (κ2) is 4.45. The van der Waals surface area contributed by atoms with Gasteiger partial charge < -0.3 is 0 Å². The van der Waals surface area contributed by atoms with E-state index in [1.165, 1.54) is 18.2 Å². The van der Waals surface area contributed by atoms with E-state index in [4.69, 9.17) is 6.42 Å². The first-order valence-electron chi connectivity index (χ1n) is 3.71. The third-order valence-electron chi connectivity index (χ3n) is 1.51. The fraction of sp³-hybridized carbons (Fsp3) is 0. The number of rotatable bonds is 2. The Balaban J connectivity index is 3.25. The van der Waals surface area contributed by atoms with Crippen LogP contribution in [0.1, 0.15) is 0 Å². The minimum absolute atomic E-state index is 0.00120. The van der Waals surface area contributed by atoms with Crippen molar-refractivity contribution >= 4 is 25.8 Å². The van der Waals surface area contributed by atoms with Gasteiger partial charge in [0.25, 0.3) is 0 Å². The number of sulfone groups is 1. The van der Waals surface area contributed by atoms with Crippen molar-refractivity contribution < 1.29 is 8.42 Å². The van der Waals surface area contributed by atoms with Gasteiger partial charge in [0.1, 0.15) is 3.81 Å². The number of allylic oxidation sites excluding steroid dienone is 1. The summed E-state index contributed by atoms with van der Waals surface area (Å²) in [6, 6.07) is 8.09. The van der Waals surface area contributed by atoms with E-state index >= 15 is 0 Å². The van der Waals surface area contributed by atoms with Crippen molar-refractivity contribution in [3.63, 3.8) is 0 Å². The summed E-state index contributed by atoms with van der Waals surface area (Å²) in [5, 5.41) is 0. The van der Waals surface area contributed by atoms with Crippen molar-refractivity contribution in [1.82, 2.24) is 0 Å². The Labute approximate surface area is 91.7 Å². The molecule has 0 N–H and O–H groups in total. The molecule has 0 fully saturated rings. The monoisotopic (exact) mass is 270 g/mol. The predicted molar refractivity (Wildman–Crippen MR) is 59.5 cm³/mol. The number of terminal acetylenes is 1. The lowest BCUT2D eigenvalue weighted by atomic mass is 10.4. The molecule has 1 rings (SSSR count). The highest BCUT2D eigenvalue weighted by Gasteiger charge is 2.17. The molecule has 0 saturated heterocycles. The van der Waals surface area contributed by atoms with Gasteiger partial charge in [-0.05, 0) is 28.1 Å². The molecule has 0 atom stereocenters. The van der Waals surface area contributed by atoms with Crippen LogP contribution in [0, 0.1) is 12.3 Å². The average Bonchev–Trinajstić information content (AvgIpc) is 2.19. The van der Waals surface area contributed by atoms with Gasteiger partial charge >= 0.3 is 0 Å². The Bertz CT molecular complexity index is 481. The van der Waals surface area contributed by atoms with Crippen LogP contribution < -0.4 is 0 Å². The van der Waals surface area contributed by atoms with Crippen LogP contribution >= 0.6 is 15.9 Å². The van der Waals surface area contributed by atoms with Gasteiger partial charge in [0.05, 0.1) is 4.90 Å². The summed E-state index contributed by atoms with van der Waals surface area (Å²) in [5.41, 5.74) is 0. The van der Waals surface area contributed by atoms with Crippen LogP contribution in [0.25, 0.3) is 0 Å². The molecule has 1 aromatic carbocycles. The quantitative estimate of drug-likeness (QED) is 0.774. The van der Waals surface area contributed by atoms with E-state index in [1.807, 2.05) is 0 Å². The second-order valence-electron chi connectivity index (χ2n) is 2.43. The van der Waals surface area contributed by atoms with E-state index < -0.39 is 9.84 Å². The first-order valence-corrected chi connectivity index (χ1v) is 5.98. The summed E-state index contributed by atoms with van der Waals surface area (Å²) in [4.78, 5) is 0.221. The Morgan fingerprint density at radius 2 is 1.93 bits per heavy atom. The number of hydrogen-bond donors (Lipinski definition) is 0. The molecule has 0 aromatic heterocycles. The Morgan fingerprint density at radius 3 is 2.43 bits per heavy atom. The van der Waals surface area contributed by atoms with Crippen LogP contribution in [0.3, 0.4) is 0 Å². The lowest BCUT2D eigenvalue weighted by molar-refractivity contribution is 0.604. The summed E-state index contributed by atoms with van der Waals surface area (Å²) in [6.45, 7) is 0. The van der Waals surface area contributed by atoms with Crippen LogP contribution in [0.4, 0.5) is 0 Å². The van der Waals surface area contributed by atoms with Gasteiger partial charge in [0.2, 0.25) is 9.84 Å². The molecule has 14 heavy (non-hydrogen) atoms. The van der Waals surface area contributed by atoms with Gasteiger partial charge in [-0.25, -0.2) is 8.42 Å². The maximum absolute atomic E-state index is 11.7. The zero-order valence-electron chi connectivity index (χ0n) is 7.14. The van der Waals surface area contributed by atoms with Crippen molar-refractivity contribution in [2.75, 3.05) is 0 Å². The van der Waals surface area contributed by atoms with E-state index in [-0.39, 0.29) is 8.71 Å². The summed E-state index contributed by atoms with van der Waals surface area (Å²) >= 11 is 2.93. The van der Waals surface area contributed by atoms with Crippen molar-refractivity contribution in [3.05, 3.63) is 40.2 Å². The fourth-order valence-electron chi connectivity index (χ4n) is 0.855. The normalized spacial score (nSPS) is 12.1. The van der Waals surface area contributed by atoms with E-state index in [9.17, 15) is 8.42 Å². The van der Waals surface area contributed by atoms with Gasteiger partial charge in [-0.2, -0.15) is 0 Å². The lowest BCUT2D eigenvalue weighted by Crippen LogP contribution is -1.99. The van der Waals surface area contributed by atoms with Crippen molar-refractivity contribution in [2.45, 2.75) is 4.90 Å². The summed E-state index contributed by atoms with van der Waals surface area (Å²) in [6.07, 6.45) is 6.15. The minimum atomic E-state index is -3.47. The van der Waals surface area contributed by atoms with Crippen LogP contribution in [0.15, 0.2) is 45.1 Å². The molecule has 0 radical (unpaired) electrons. The van der Waals surface area contributed by atoms with Crippen LogP contribution in [-0.2, 0) is 9.84 Å². The summed E-state index contributed by atoms with van der Waals surface area (Å²) < 4.78 is 23.4. The third kappa shape index (κ3) is 2.25. The van der Waals surface area contributed by atoms with Crippen molar-refractivity contribution in [2.24, 2.45) is 0 Å². The van der Waals surface area contributed by atoms with Gasteiger partial charge in [0.15, 0.2) is 0 Å². The largest absolute Gasteiger partial charge is 0.218 e. The van der Waals surface area contributed by atoms with Gasteiger partial charge in [0, 0.05) is 6.08 Å². The molecule has 4 heteroatoms. The molecule has 0 aliphatic rings. The topological polar surface area (TPSA) is 34.1 Å². The first-order chi connectivity index (χ1) is 6.59. The van der Waals surface area contributed by atoms with Gasteiger partial charge in [-0.15, -0.1) is 6.42 Å². The fourth-order valence-corrected chi connectivity index (χ4v) is 2.51. The molecule has 0 heterocycles. The van der Waals surface area contributed by atoms with E-state index in [0.717, 1.165) is 0 Å². The molecule has 0 saturated carbocycles. The average molecular weight is 271 g/mol. The minimum Gasteiger partial charge on any atom is -0.218 e. The third-order valence-corrected chi connectivity index (χ3v) is 4.54. The zero-order valence-corrected chi connectivity index (χ0v) is 9.55. The SMILES string of the molecule is C#C/C=C(/Br)S(=O)(=O)c1ccccc1. The second-order valence-corrected chi connectivity index (χ2v) is 5.73. The molecule has 0 unspecified atom stereocenters. The first kappa shape index (κ1) is 11.0. The van der Waals surface area contributed by atoms with E-state index in [1.54, 1.807) is 18.2 Å². The summed E-state index contributed by atoms with van der Waals surface area (Å²) in [7, 11) is -3.47. The summed E-state index contributed by atoms with van der Waals surface area (Å²) in [5.74, 6) is 2.16. The molecular weight excluding hydrogens is 264 g/mol. The van der Waals surface area contributed by atoms with Crippen LogP contribution in [0.5, 0.6) is 0 Å². The molecule has 2 nitrogen and oxygen atoms in total. The van der Waals surface area contributed by atoms with Crippen molar-refractivity contribution in [1.29, 1.82) is 0 Å². The number of hydrogen-bond acceptors (Lipinski definition) is 2. The maximum Gasteiger partial charge on any atom is 0.213 e. The lowest BCUT2D eigenvalue weighted by Gasteiger charge is -2.00. The van der Waals surface area contributed by atoms with Crippen LogP contribution in [0.2, 0.25) is 0 Å². The van der Waals surface area contributed by atoms with E-state index in [0.29, 0.717) is 0 Å². The number of halogens is 1. The van der Waals surface area contributed by atoms with Crippen molar-refractivity contribution in [3.8, 4) is 12.3 Å². The zero-order chi connectivity index (χ0) is 10.6. The molecule has 0 aliphatic heterocycles. The predicted octanol–water partition coefficient (Wildman–Crippen LogP) is 2.33. The Hall–Kier alpha value is -1.05. The van der Waals surface area contributed by atoms with Gasteiger partial charge in [-0.3, -0.25) is 0 Å². The molecular formula is C10H7BrO2S. The standard InChI is InChI=1S/C10H7BrO2S/c1-2-6-10(11)14(12,13)9-7-4-3-5-8-9/h1,3-8H/b10-6-. The molecule has 0 spiro atoms. The Kier molecular flexibility index (Phi) is 3.50. The van der Waals surface area contributed by atoms with E-state index in [2.05, 4.69) is 21.9 Å². The smallest absolute Gasteiger partial charge is 0.213 e. The highest BCUT2D eigenvalue weighted by Crippen LogP contribution is 2.22. The molecule has 0 aliphatic carbocycles. The molecule has 1 aromatic rings. The molecule has 0 bridgehead atoms. The molecule has 0 amide bonds. The van der Waals surface area contributed by atoms with Crippen LogP contribution in [-0.4, -0.2) is 8.42 Å². The molecule has 72 valence electrons. The number of benzene rings is 1.